The molecule has 2 aliphatic heterocycles. The van der Waals surface area contributed by atoms with E-state index in [1.54, 1.807) is 0 Å². The van der Waals surface area contributed by atoms with Gasteiger partial charge in [0, 0.05) is 22.1 Å². The van der Waals surface area contributed by atoms with E-state index in [9.17, 15) is 4.79 Å². The Hall–Kier alpha value is -2.42. The third-order valence-electron chi connectivity index (χ3n) is 5.73. The maximum Gasteiger partial charge on any atom is 0.338 e. The Balaban J connectivity index is 1.92. The molecule has 2 aromatic carbocycles. The first kappa shape index (κ1) is 15.1. The van der Waals surface area contributed by atoms with Crippen molar-refractivity contribution in [3.05, 3.63) is 70.3 Å². The second-order valence-corrected chi connectivity index (χ2v) is 7.64. The topological polar surface area (TPSA) is 38.7 Å². The van der Waals surface area contributed by atoms with Crippen molar-refractivity contribution in [1.82, 2.24) is 0 Å². The molecule has 0 unspecified atom stereocenters. The zero-order valence-corrected chi connectivity index (χ0v) is 14.5. The molecule has 24 heavy (non-hydrogen) atoms. The van der Waals surface area contributed by atoms with Crippen LogP contribution >= 0.6 is 0 Å². The molecule has 0 atom stereocenters. The van der Waals surface area contributed by atoms with Crippen molar-refractivity contribution in [3.63, 3.8) is 0 Å². The maximum absolute atomic E-state index is 11.7. The molecule has 0 spiro atoms. The summed E-state index contributed by atoms with van der Waals surface area (Å²) >= 11 is 0. The Labute approximate surface area is 142 Å². The van der Waals surface area contributed by atoms with Crippen LogP contribution in [0.2, 0.25) is 0 Å². The zero-order chi connectivity index (χ0) is 17.1. The number of hydrogen-bond acceptors (Lipinski definition) is 3. The number of cyclic esters (lactones) is 1. The summed E-state index contributed by atoms with van der Waals surface area (Å²) in [5.41, 5.74) is 5.87. The zero-order valence-electron chi connectivity index (χ0n) is 14.5. The van der Waals surface area contributed by atoms with Gasteiger partial charge >= 0.3 is 5.97 Å². The van der Waals surface area contributed by atoms with E-state index in [4.69, 9.17) is 9.73 Å². The van der Waals surface area contributed by atoms with Crippen LogP contribution in [-0.4, -0.2) is 17.2 Å². The van der Waals surface area contributed by atoms with E-state index in [-0.39, 0.29) is 16.9 Å². The van der Waals surface area contributed by atoms with E-state index >= 15 is 0 Å². The lowest BCUT2D eigenvalue weighted by molar-refractivity contribution is 0.0535. The van der Waals surface area contributed by atoms with Gasteiger partial charge < -0.3 is 4.74 Å². The van der Waals surface area contributed by atoms with Gasteiger partial charge in [0.1, 0.15) is 6.61 Å². The predicted molar refractivity (Wildman–Crippen MR) is 94.7 cm³/mol. The number of esters is 1. The number of fused-ring (bicyclic) bond motifs is 2. The van der Waals surface area contributed by atoms with Crippen molar-refractivity contribution >= 4 is 11.7 Å². The smallest absolute Gasteiger partial charge is 0.338 e. The van der Waals surface area contributed by atoms with Gasteiger partial charge in [-0.05, 0) is 31.5 Å². The molecule has 0 amide bonds. The van der Waals surface area contributed by atoms with Gasteiger partial charge in [-0.15, -0.1) is 0 Å². The third-order valence-corrected chi connectivity index (χ3v) is 5.73. The summed E-state index contributed by atoms with van der Waals surface area (Å²) in [5, 5.41) is 0. The van der Waals surface area contributed by atoms with Crippen LogP contribution in [0.5, 0.6) is 0 Å². The maximum atomic E-state index is 11.7. The molecular weight excluding hydrogens is 298 g/mol. The van der Waals surface area contributed by atoms with Crippen LogP contribution in [0.1, 0.15) is 60.3 Å². The average Bonchev–Trinajstić information content (AvgIpc) is 2.92. The Bertz CT molecular complexity index is 890. The lowest BCUT2D eigenvalue weighted by Gasteiger charge is -2.44. The van der Waals surface area contributed by atoms with Gasteiger partial charge in [-0.3, -0.25) is 4.99 Å². The van der Waals surface area contributed by atoms with Gasteiger partial charge in [0.25, 0.3) is 0 Å². The van der Waals surface area contributed by atoms with Crippen molar-refractivity contribution in [1.29, 1.82) is 0 Å². The highest BCUT2D eigenvalue weighted by Crippen LogP contribution is 2.43. The van der Waals surface area contributed by atoms with Crippen LogP contribution in [0, 0.1) is 0 Å². The molecule has 0 aliphatic carbocycles. The number of nitrogens with zero attached hydrogens (tertiary/aromatic N) is 1. The summed E-state index contributed by atoms with van der Waals surface area (Å²) in [6, 6.07) is 14.4. The first-order chi connectivity index (χ1) is 11.3. The number of hydrogen-bond donors (Lipinski definition) is 0. The number of carbonyl (C=O) groups is 1. The quantitative estimate of drug-likeness (QED) is 0.737. The molecule has 3 nitrogen and oxygen atoms in total. The first-order valence-electron chi connectivity index (χ1n) is 8.31. The molecule has 0 bridgehead atoms. The van der Waals surface area contributed by atoms with Crippen LogP contribution in [-0.2, 0) is 16.8 Å². The van der Waals surface area contributed by atoms with Crippen molar-refractivity contribution in [2.24, 2.45) is 4.99 Å². The fourth-order valence-corrected chi connectivity index (χ4v) is 3.54. The molecule has 2 aliphatic rings. The highest BCUT2D eigenvalue weighted by molar-refractivity contribution is 6.15. The summed E-state index contributed by atoms with van der Waals surface area (Å²) in [5.74, 6) is -0.232. The molecule has 2 aromatic rings. The van der Waals surface area contributed by atoms with Gasteiger partial charge in [-0.25, -0.2) is 4.79 Å². The standard InChI is InChI=1S/C21H21NO2/c1-20(2)17-8-6-5-7-16(17)18(22-21(20,3)4)13-9-10-15-14(11-13)12-24-19(15)23/h5-11H,12H2,1-4H3. The van der Waals surface area contributed by atoms with Crippen molar-refractivity contribution in [2.45, 2.75) is 45.3 Å². The van der Waals surface area contributed by atoms with Gasteiger partial charge in [0.05, 0.1) is 16.8 Å². The normalized spacial score (nSPS) is 20.0. The minimum absolute atomic E-state index is 0.0527. The summed E-state index contributed by atoms with van der Waals surface area (Å²) in [7, 11) is 0. The highest BCUT2D eigenvalue weighted by atomic mass is 16.5. The predicted octanol–water partition coefficient (Wildman–Crippen LogP) is 4.26. The Morgan fingerprint density at radius 2 is 1.75 bits per heavy atom. The van der Waals surface area contributed by atoms with E-state index in [2.05, 4.69) is 52.0 Å². The molecule has 0 saturated carbocycles. The van der Waals surface area contributed by atoms with Crippen LogP contribution in [0.3, 0.4) is 0 Å². The Kier molecular flexibility index (Phi) is 3.02. The fraction of sp³-hybridized carbons (Fsp3) is 0.333. The number of carbonyl (C=O) groups excluding carboxylic acids is 1. The molecule has 0 radical (unpaired) electrons. The Morgan fingerprint density at radius 3 is 2.54 bits per heavy atom. The number of aliphatic imine (C=N–C) groups is 1. The van der Waals surface area contributed by atoms with Crippen molar-refractivity contribution in [3.8, 4) is 0 Å². The van der Waals surface area contributed by atoms with Gasteiger partial charge in [-0.2, -0.15) is 0 Å². The van der Waals surface area contributed by atoms with E-state index in [1.807, 2.05) is 18.2 Å². The molecule has 122 valence electrons. The van der Waals surface area contributed by atoms with Crippen molar-refractivity contribution < 1.29 is 9.53 Å². The van der Waals surface area contributed by atoms with Gasteiger partial charge in [-0.1, -0.05) is 44.2 Å². The molecule has 2 heterocycles. The van der Waals surface area contributed by atoms with E-state index in [0.29, 0.717) is 12.2 Å². The second kappa shape index (κ2) is 4.79. The average molecular weight is 319 g/mol. The van der Waals surface area contributed by atoms with Gasteiger partial charge in [0.15, 0.2) is 0 Å². The first-order valence-corrected chi connectivity index (χ1v) is 8.31. The monoisotopic (exact) mass is 319 g/mol. The summed E-state index contributed by atoms with van der Waals surface area (Å²) in [6.07, 6.45) is 0. The highest BCUT2D eigenvalue weighted by Gasteiger charge is 2.43. The molecule has 3 heteroatoms. The lowest BCUT2D eigenvalue weighted by Crippen LogP contribution is -2.46. The largest absolute Gasteiger partial charge is 0.457 e. The van der Waals surface area contributed by atoms with E-state index in [1.165, 1.54) is 11.1 Å². The minimum atomic E-state index is -0.232. The van der Waals surface area contributed by atoms with E-state index in [0.717, 1.165) is 16.8 Å². The molecule has 0 aromatic heterocycles. The summed E-state index contributed by atoms with van der Waals surface area (Å²) < 4.78 is 5.13. The molecule has 0 N–H and O–H groups in total. The summed E-state index contributed by atoms with van der Waals surface area (Å²) in [6.45, 7) is 9.22. The Morgan fingerprint density at radius 1 is 1.00 bits per heavy atom. The molecular formula is C21H21NO2. The SMILES string of the molecule is CC1(C)N=C(c2ccc3c(c2)COC3=O)c2ccccc2C1(C)C. The fourth-order valence-electron chi connectivity index (χ4n) is 3.54. The van der Waals surface area contributed by atoms with Crippen LogP contribution in [0.4, 0.5) is 0 Å². The van der Waals surface area contributed by atoms with Crippen LogP contribution in [0.25, 0.3) is 0 Å². The molecule has 0 fully saturated rings. The van der Waals surface area contributed by atoms with E-state index < -0.39 is 0 Å². The molecule has 0 saturated heterocycles. The number of rotatable bonds is 1. The number of benzene rings is 2. The number of ether oxygens (including phenoxy) is 1. The lowest BCUT2D eigenvalue weighted by atomic mass is 9.66. The minimum Gasteiger partial charge on any atom is -0.457 e. The van der Waals surface area contributed by atoms with Crippen molar-refractivity contribution in [2.75, 3.05) is 0 Å². The molecule has 4 rings (SSSR count). The van der Waals surface area contributed by atoms with Gasteiger partial charge in [0.2, 0.25) is 0 Å². The van der Waals surface area contributed by atoms with Crippen LogP contribution < -0.4 is 0 Å². The third kappa shape index (κ3) is 1.97. The second-order valence-electron chi connectivity index (χ2n) is 7.64. The van der Waals surface area contributed by atoms with Crippen LogP contribution in [0.15, 0.2) is 47.5 Å². The summed E-state index contributed by atoms with van der Waals surface area (Å²) in [4.78, 5) is 16.8.